The van der Waals surface area contributed by atoms with E-state index in [1.165, 1.54) is 24.6 Å². The van der Waals surface area contributed by atoms with Gasteiger partial charge < -0.3 is 9.29 Å². The first-order valence-corrected chi connectivity index (χ1v) is 9.30. The maximum Gasteiger partial charge on any atom is 0.314 e. The van der Waals surface area contributed by atoms with Crippen LogP contribution in [-0.4, -0.2) is 18.9 Å². The van der Waals surface area contributed by atoms with Crippen molar-refractivity contribution in [2.24, 2.45) is 17.8 Å². The molecule has 3 unspecified atom stereocenters. The number of ether oxygens (including phenoxy) is 1. The molecule has 5 nitrogen and oxygen atoms in total. The second-order valence-corrected chi connectivity index (χ2v) is 8.26. The van der Waals surface area contributed by atoms with Crippen LogP contribution in [0, 0.1) is 21.3 Å². The minimum absolute atomic E-state index is 0.0377. The van der Waals surface area contributed by atoms with Gasteiger partial charge >= 0.3 is 5.97 Å². The summed E-state index contributed by atoms with van der Waals surface area (Å²) < 4.78 is 38.7. The molecule has 0 heterocycles. The van der Waals surface area contributed by atoms with E-state index in [9.17, 15) is 17.8 Å². The van der Waals surface area contributed by atoms with E-state index in [1.54, 1.807) is 22.6 Å². The van der Waals surface area contributed by atoms with Crippen LogP contribution >= 0.6 is 22.6 Å². The Balaban J connectivity index is 1.74. The molecular formula is C14H14IO5S-. The maximum absolute atomic E-state index is 12.2. The zero-order valence-electron chi connectivity index (χ0n) is 11.1. The molecule has 0 spiro atoms. The molecule has 0 aliphatic heterocycles. The van der Waals surface area contributed by atoms with Gasteiger partial charge in [0.05, 0.1) is 10.8 Å². The molecule has 2 fully saturated rings. The maximum atomic E-state index is 12.2. The van der Waals surface area contributed by atoms with Crippen molar-refractivity contribution in [3.63, 3.8) is 0 Å². The molecule has 0 aromatic heterocycles. The second kappa shape index (κ2) is 5.51. The fourth-order valence-electron chi connectivity index (χ4n) is 3.47. The third-order valence-electron chi connectivity index (χ3n) is 4.43. The summed E-state index contributed by atoms with van der Waals surface area (Å²) in [6.07, 6.45) is 4.32. The summed E-state index contributed by atoms with van der Waals surface area (Å²) in [7, 11) is -4.50. The molecule has 3 atom stereocenters. The highest BCUT2D eigenvalue weighted by molar-refractivity contribution is 14.1. The van der Waals surface area contributed by atoms with Crippen LogP contribution in [0.2, 0.25) is 0 Å². The lowest BCUT2D eigenvalue weighted by Crippen LogP contribution is -2.25. The molecular weight excluding hydrogens is 407 g/mol. The number of halogens is 1. The Hall–Kier alpha value is -0.670. The number of carbonyl (C=O) groups is 1. The third-order valence-corrected chi connectivity index (χ3v) is 6.59. The number of rotatable bonds is 3. The zero-order valence-corrected chi connectivity index (χ0v) is 14.1. The summed E-state index contributed by atoms with van der Waals surface area (Å²) >= 11 is 1.75. The molecule has 7 heteroatoms. The van der Waals surface area contributed by atoms with Gasteiger partial charge in [-0.2, -0.15) is 0 Å². The Morgan fingerprint density at radius 1 is 1.29 bits per heavy atom. The SMILES string of the molecule is O=C(Oc1ccc(S(=O)(=O)[O-])c(I)c1)C1CC2CCC1C2. The number of esters is 1. The summed E-state index contributed by atoms with van der Waals surface area (Å²) in [5.74, 6) is 1.10. The molecule has 1 aromatic carbocycles. The van der Waals surface area contributed by atoms with Gasteiger partial charge in [-0.25, -0.2) is 8.42 Å². The molecule has 114 valence electrons. The number of fused-ring (bicyclic) bond motifs is 2. The molecule has 2 aliphatic carbocycles. The average Bonchev–Trinajstić information content (AvgIpc) is 2.99. The summed E-state index contributed by atoms with van der Waals surface area (Å²) in [6.45, 7) is 0. The smallest absolute Gasteiger partial charge is 0.314 e. The molecule has 2 bridgehead atoms. The first-order chi connectivity index (χ1) is 9.84. The van der Waals surface area contributed by atoms with E-state index in [0.29, 0.717) is 17.6 Å². The van der Waals surface area contributed by atoms with Crippen molar-refractivity contribution < 1.29 is 22.5 Å². The van der Waals surface area contributed by atoms with Crippen molar-refractivity contribution in [3.05, 3.63) is 21.8 Å². The highest BCUT2D eigenvalue weighted by atomic mass is 127. The molecule has 2 aliphatic rings. The zero-order chi connectivity index (χ0) is 15.2. The van der Waals surface area contributed by atoms with Crippen molar-refractivity contribution in [1.29, 1.82) is 0 Å². The second-order valence-electron chi connectivity index (χ2n) is 5.75. The molecule has 0 radical (unpaired) electrons. The molecule has 2 saturated carbocycles. The van der Waals surface area contributed by atoms with Crippen LogP contribution in [0.4, 0.5) is 0 Å². The van der Waals surface area contributed by atoms with E-state index in [4.69, 9.17) is 4.74 Å². The molecule has 0 N–H and O–H groups in total. The van der Waals surface area contributed by atoms with Crippen molar-refractivity contribution >= 4 is 38.7 Å². The number of hydrogen-bond donors (Lipinski definition) is 0. The van der Waals surface area contributed by atoms with Crippen LogP contribution in [0.1, 0.15) is 25.7 Å². The Bertz CT molecular complexity index is 685. The van der Waals surface area contributed by atoms with Gasteiger partial charge in [0.15, 0.2) is 0 Å². The first kappa shape index (κ1) is 15.2. The minimum atomic E-state index is -4.50. The number of benzene rings is 1. The largest absolute Gasteiger partial charge is 0.744 e. The average molecular weight is 421 g/mol. The van der Waals surface area contributed by atoms with Gasteiger partial charge in [-0.3, -0.25) is 4.79 Å². The molecule has 21 heavy (non-hydrogen) atoms. The van der Waals surface area contributed by atoms with Crippen LogP contribution < -0.4 is 4.74 Å². The van der Waals surface area contributed by atoms with Crippen LogP contribution in [0.5, 0.6) is 5.75 Å². The van der Waals surface area contributed by atoms with E-state index >= 15 is 0 Å². The summed E-state index contributed by atoms with van der Waals surface area (Å²) in [5, 5.41) is 0. The van der Waals surface area contributed by atoms with E-state index in [-0.39, 0.29) is 20.4 Å². The lowest BCUT2D eigenvalue weighted by atomic mass is 9.89. The van der Waals surface area contributed by atoms with Gasteiger partial charge in [-0.05, 0) is 71.9 Å². The van der Waals surface area contributed by atoms with Crippen molar-refractivity contribution in [3.8, 4) is 5.75 Å². The minimum Gasteiger partial charge on any atom is -0.744 e. The molecule has 0 saturated heterocycles. The Labute approximate surface area is 137 Å². The fourth-order valence-corrected chi connectivity index (χ4v) is 5.30. The topological polar surface area (TPSA) is 83.5 Å². The Morgan fingerprint density at radius 2 is 2.05 bits per heavy atom. The van der Waals surface area contributed by atoms with E-state index in [0.717, 1.165) is 19.3 Å². The monoisotopic (exact) mass is 421 g/mol. The number of carbonyl (C=O) groups excluding carboxylic acids is 1. The standard InChI is InChI=1S/C14H15IO5S/c15-12-7-10(3-4-13(12)21(17,18)19)20-14(16)11-6-8-1-2-9(11)5-8/h3-4,7-9,11H,1-2,5-6H2,(H,17,18,19)/p-1. The molecule has 0 amide bonds. The van der Waals surface area contributed by atoms with Crippen LogP contribution in [-0.2, 0) is 14.9 Å². The molecule has 1 aromatic rings. The Kier molecular flexibility index (Phi) is 4.00. The number of hydrogen-bond acceptors (Lipinski definition) is 5. The van der Waals surface area contributed by atoms with Crippen molar-refractivity contribution in [1.82, 2.24) is 0 Å². The normalized spacial score (nSPS) is 27.8. The van der Waals surface area contributed by atoms with Crippen LogP contribution in [0.3, 0.4) is 0 Å². The third kappa shape index (κ3) is 3.09. The van der Waals surface area contributed by atoms with E-state index in [2.05, 4.69) is 0 Å². The van der Waals surface area contributed by atoms with Gasteiger partial charge in [0.2, 0.25) is 0 Å². The van der Waals surface area contributed by atoms with E-state index in [1.807, 2.05) is 0 Å². The lowest BCUT2D eigenvalue weighted by Gasteiger charge is -2.20. The van der Waals surface area contributed by atoms with Gasteiger partial charge in [0.25, 0.3) is 0 Å². The Morgan fingerprint density at radius 3 is 2.57 bits per heavy atom. The van der Waals surface area contributed by atoms with Crippen LogP contribution in [0.25, 0.3) is 0 Å². The highest BCUT2D eigenvalue weighted by Crippen LogP contribution is 2.48. The van der Waals surface area contributed by atoms with Crippen LogP contribution in [0.15, 0.2) is 23.1 Å². The summed E-state index contributed by atoms with van der Waals surface area (Å²) in [6, 6.07) is 3.96. The van der Waals surface area contributed by atoms with E-state index < -0.39 is 10.1 Å². The lowest BCUT2D eigenvalue weighted by molar-refractivity contribution is -0.140. The van der Waals surface area contributed by atoms with Gasteiger partial charge in [-0.15, -0.1) is 0 Å². The first-order valence-electron chi connectivity index (χ1n) is 6.82. The highest BCUT2D eigenvalue weighted by Gasteiger charge is 2.44. The predicted molar refractivity (Wildman–Crippen MR) is 81.7 cm³/mol. The molecule has 3 rings (SSSR count). The van der Waals surface area contributed by atoms with Crippen molar-refractivity contribution in [2.45, 2.75) is 30.6 Å². The summed E-state index contributed by atoms with van der Waals surface area (Å²) in [5.41, 5.74) is 0. The predicted octanol–water partition coefficient (Wildman–Crippen LogP) is 2.54. The van der Waals surface area contributed by atoms with Crippen molar-refractivity contribution in [2.75, 3.05) is 0 Å². The summed E-state index contributed by atoms with van der Waals surface area (Å²) in [4.78, 5) is 11.9. The van der Waals surface area contributed by atoms with Gasteiger partial charge in [0, 0.05) is 3.57 Å². The fraction of sp³-hybridized carbons (Fsp3) is 0.500. The van der Waals surface area contributed by atoms with Gasteiger partial charge in [-0.1, -0.05) is 6.42 Å². The van der Waals surface area contributed by atoms with Gasteiger partial charge in [0.1, 0.15) is 15.9 Å². The quantitative estimate of drug-likeness (QED) is 0.324.